The summed E-state index contributed by atoms with van der Waals surface area (Å²) in [5.74, 6) is -0.870. The molecule has 2 fully saturated rings. The molecule has 0 radical (unpaired) electrons. The first-order chi connectivity index (χ1) is 12.1. The number of β-lactam (4-membered cyclic amide) rings is 1. The van der Waals surface area contributed by atoms with Crippen molar-refractivity contribution in [1.29, 1.82) is 0 Å². The third kappa shape index (κ3) is 3.20. The number of carbonyl (C=O) groups is 3. The van der Waals surface area contributed by atoms with Crippen molar-refractivity contribution in [1.82, 2.24) is 10.2 Å². The van der Waals surface area contributed by atoms with Gasteiger partial charge in [0.15, 0.2) is 0 Å². The number of hydrogen-bond acceptors (Lipinski definition) is 4. The Morgan fingerprint density at radius 3 is 2.50 bits per heavy atom. The van der Waals surface area contributed by atoms with Crippen LogP contribution in [-0.2, 0) is 20.7 Å². The Balaban J connectivity index is 1.65. The smallest absolute Gasteiger partial charge is 0.417 e. The molecule has 1 spiro atoms. The number of aryl methyl sites for hydroxylation is 1. The Bertz CT molecular complexity index is 725. The van der Waals surface area contributed by atoms with Crippen LogP contribution in [0.25, 0.3) is 0 Å². The lowest BCUT2D eigenvalue weighted by Crippen LogP contribution is -2.75. The van der Waals surface area contributed by atoms with Crippen molar-refractivity contribution in [3.05, 3.63) is 35.9 Å². The lowest BCUT2D eigenvalue weighted by molar-refractivity contribution is -0.154. The van der Waals surface area contributed by atoms with E-state index in [4.69, 9.17) is 4.74 Å². The molecular formula is C20H26N2O4. The normalized spacial score (nSPS) is 28.1. The van der Waals surface area contributed by atoms with Gasteiger partial charge in [-0.1, -0.05) is 37.3 Å². The molecule has 140 valence electrons. The lowest BCUT2D eigenvalue weighted by atomic mass is 9.74. The molecule has 1 N–H and O–H groups in total. The zero-order valence-corrected chi connectivity index (χ0v) is 15.7. The van der Waals surface area contributed by atoms with Crippen LogP contribution in [0, 0.1) is 11.8 Å². The number of benzene rings is 1. The molecule has 0 bridgehead atoms. The van der Waals surface area contributed by atoms with Gasteiger partial charge in [0.1, 0.15) is 11.1 Å². The highest BCUT2D eigenvalue weighted by Gasteiger charge is 2.65. The molecule has 0 aromatic heterocycles. The zero-order valence-electron chi connectivity index (χ0n) is 15.7. The number of imide groups is 1. The Labute approximate surface area is 153 Å². The highest BCUT2D eigenvalue weighted by molar-refractivity contribution is 6.07. The largest absolute Gasteiger partial charge is 0.443 e. The number of rotatable bonds is 3. The minimum Gasteiger partial charge on any atom is -0.443 e. The number of nitrogens with one attached hydrogen (secondary N) is 1. The van der Waals surface area contributed by atoms with E-state index in [1.54, 1.807) is 20.8 Å². The number of hydrogen-bond donors (Lipinski definition) is 1. The van der Waals surface area contributed by atoms with Crippen LogP contribution in [-0.4, -0.2) is 40.5 Å². The van der Waals surface area contributed by atoms with Gasteiger partial charge in [-0.3, -0.25) is 9.59 Å². The van der Waals surface area contributed by atoms with Gasteiger partial charge in [0.05, 0.1) is 6.54 Å². The van der Waals surface area contributed by atoms with Crippen molar-refractivity contribution < 1.29 is 19.1 Å². The van der Waals surface area contributed by atoms with E-state index in [1.807, 2.05) is 37.3 Å². The van der Waals surface area contributed by atoms with E-state index < -0.39 is 17.2 Å². The summed E-state index contributed by atoms with van der Waals surface area (Å²) in [5.41, 5.74) is -0.457. The van der Waals surface area contributed by atoms with Crippen molar-refractivity contribution in [2.75, 3.05) is 6.54 Å². The third-order valence-corrected chi connectivity index (χ3v) is 5.30. The summed E-state index contributed by atoms with van der Waals surface area (Å²) in [7, 11) is 0. The van der Waals surface area contributed by atoms with Crippen LogP contribution in [0.15, 0.2) is 30.3 Å². The monoisotopic (exact) mass is 358 g/mol. The minimum atomic E-state index is -0.963. The molecular weight excluding hydrogens is 332 g/mol. The van der Waals surface area contributed by atoms with E-state index in [9.17, 15) is 14.4 Å². The second-order valence-corrected chi connectivity index (χ2v) is 8.25. The summed E-state index contributed by atoms with van der Waals surface area (Å²) in [5, 5.41) is 2.86. The van der Waals surface area contributed by atoms with E-state index in [0.717, 1.165) is 11.3 Å². The van der Waals surface area contributed by atoms with Crippen LogP contribution in [0.2, 0.25) is 0 Å². The van der Waals surface area contributed by atoms with Gasteiger partial charge in [0, 0.05) is 11.8 Å². The maximum absolute atomic E-state index is 12.7. The highest BCUT2D eigenvalue weighted by Crippen LogP contribution is 2.42. The molecule has 0 saturated carbocycles. The summed E-state index contributed by atoms with van der Waals surface area (Å²) in [6.07, 6.45) is 0.809. The fraction of sp³-hybridized carbons (Fsp3) is 0.550. The molecule has 1 unspecified atom stereocenters. The average molecular weight is 358 g/mol. The zero-order chi connectivity index (χ0) is 19.1. The first-order valence-corrected chi connectivity index (χ1v) is 9.05. The number of likely N-dealkylation sites (tertiary alicyclic amines) is 1. The van der Waals surface area contributed by atoms with E-state index in [2.05, 4.69) is 5.32 Å². The predicted molar refractivity (Wildman–Crippen MR) is 96.2 cm³/mol. The van der Waals surface area contributed by atoms with E-state index in [0.29, 0.717) is 6.42 Å². The average Bonchev–Trinajstić information content (AvgIpc) is 2.82. The molecule has 6 heteroatoms. The quantitative estimate of drug-likeness (QED) is 0.843. The first kappa shape index (κ1) is 18.4. The van der Waals surface area contributed by atoms with Gasteiger partial charge in [-0.25, -0.2) is 9.69 Å². The number of nitrogens with zero attached hydrogens (tertiary/aromatic N) is 1. The molecule has 1 aromatic rings. The van der Waals surface area contributed by atoms with Gasteiger partial charge in [0.2, 0.25) is 5.91 Å². The number of ether oxygens (including phenoxy) is 1. The van der Waals surface area contributed by atoms with Crippen LogP contribution < -0.4 is 5.32 Å². The van der Waals surface area contributed by atoms with Crippen molar-refractivity contribution in [2.24, 2.45) is 11.8 Å². The molecule has 3 amide bonds. The van der Waals surface area contributed by atoms with E-state index >= 15 is 0 Å². The summed E-state index contributed by atoms with van der Waals surface area (Å²) in [6, 6.07) is 9.98. The molecule has 3 rings (SSSR count). The molecule has 2 saturated heterocycles. The minimum absolute atomic E-state index is 0.106. The van der Waals surface area contributed by atoms with E-state index in [-0.39, 0.29) is 30.2 Å². The summed E-state index contributed by atoms with van der Waals surface area (Å²) in [4.78, 5) is 38.4. The lowest BCUT2D eigenvalue weighted by Gasteiger charge is -2.47. The maximum Gasteiger partial charge on any atom is 0.417 e. The summed E-state index contributed by atoms with van der Waals surface area (Å²) < 4.78 is 5.26. The van der Waals surface area contributed by atoms with Crippen molar-refractivity contribution >= 4 is 17.9 Å². The van der Waals surface area contributed by atoms with Gasteiger partial charge in [-0.2, -0.15) is 0 Å². The van der Waals surface area contributed by atoms with Crippen LogP contribution in [0.4, 0.5) is 4.79 Å². The molecule has 2 aliphatic rings. The Morgan fingerprint density at radius 1 is 1.27 bits per heavy atom. The Hall–Kier alpha value is -2.37. The number of amides is 3. The molecule has 26 heavy (non-hydrogen) atoms. The van der Waals surface area contributed by atoms with Crippen molar-refractivity contribution in [2.45, 2.75) is 51.7 Å². The van der Waals surface area contributed by atoms with Crippen molar-refractivity contribution in [3.63, 3.8) is 0 Å². The van der Waals surface area contributed by atoms with Crippen LogP contribution >= 0.6 is 0 Å². The van der Waals surface area contributed by atoms with Gasteiger partial charge in [0.25, 0.3) is 5.91 Å². The van der Waals surface area contributed by atoms with Gasteiger partial charge >= 0.3 is 6.09 Å². The van der Waals surface area contributed by atoms with Crippen LogP contribution in [0.1, 0.15) is 39.7 Å². The van der Waals surface area contributed by atoms with Crippen LogP contribution in [0.3, 0.4) is 0 Å². The number of carbonyl (C=O) groups excluding carboxylic acids is 3. The fourth-order valence-electron chi connectivity index (χ4n) is 3.78. The SMILES string of the molecule is C[C@@H]1[C@H](CCc2ccccc2)C(=O)NC12CN(C(=O)OC(C)(C)C)C2=O. The first-order valence-electron chi connectivity index (χ1n) is 9.05. The summed E-state index contributed by atoms with van der Waals surface area (Å²) in [6.45, 7) is 7.35. The maximum atomic E-state index is 12.7. The molecule has 0 aliphatic carbocycles. The third-order valence-electron chi connectivity index (χ3n) is 5.30. The van der Waals surface area contributed by atoms with Gasteiger partial charge < -0.3 is 10.1 Å². The molecule has 1 aromatic carbocycles. The predicted octanol–water partition coefficient (Wildman–Crippen LogP) is 2.52. The molecule has 2 aliphatic heterocycles. The summed E-state index contributed by atoms with van der Waals surface area (Å²) >= 11 is 0. The van der Waals surface area contributed by atoms with E-state index in [1.165, 1.54) is 5.56 Å². The van der Waals surface area contributed by atoms with Gasteiger partial charge in [-0.15, -0.1) is 0 Å². The molecule has 3 atom stereocenters. The molecule has 2 heterocycles. The standard InChI is InChI=1S/C20H26N2O4/c1-13-15(11-10-14-8-6-5-7-9-14)16(23)21-20(13)12-22(17(20)24)18(25)26-19(2,3)4/h5-9,13,15H,10-12H2,1-4H3,(H,21,23)/t13-,15+,20?/m1/s1. The fourth-order valence-corrected chi connectivity index (χ4v) is 3.78. The Morgan fingerprint density at radius 2 is 1.92 bits per heavy atom. The Kier molecular flexibility index (Phi) is 4.54. The highest BCUT2D eigenvalue weighted by atomic mass is 16.6. The second kappa shape index (κ2) is 6.41. The van der Waals surface area contributed by atoms with Gasteiger partial charge in [-0.05, 0) is 39.2 Å². The topological polar surface area (TPSA) is 75.7 Å². The van der Waals surface area contributed by atoms with Crippen LogP contribution in [0.5, 0.6) is 0 Å². The van der Waals surface area contributed by atoms with Crippen molar-refractivity contribution in [3.8, 4) is 0 Å². The second-order valence-electron chi connectivity index (χ2n) is 8.25. The molecule has 6 nitrogen and oxygen atoms in total.